The van der Waals surface area contributed by atoms with Crippen LogP contribution in [0.15, 0.2) is 36.4 Å². The van der Waals surface area contributed by atoms with Crippen LogP contribution in [0.1, 0.15) is 34.2 Å². The summed E-state index contributed by atoms with van der Waals surface area (Å²) in [7, 11) is 0. The summed E-state index contributed by atoms with van der Waals surface area (Å²) in [5.41, 5.74) is 6.18. The number of ether oxygens (including phenoxy) is 1. The summed E-state index contributed by atoms with van der Waals surface area (Å²) >= 11 is 0. The summed E-state index contributed by atoms with van der Waals surface area (Å²) in [4.78, 5) is 35.9. The summed E-state index contributed by atoms with van der Waals surface area (Å²) in [5.74, 6) is -1.30. The molecule has 3 rings (SSSR count). The lowest BCUT2D eigenvalue weighted by Gasteiger charge is -2.12. The zero-order chi connectivity index (χ0) is 20.8. The molecule has 0 radical (unpaired) electrons. The Bertz CT molecular complexity index is 916. The number of para-hydroxylation sites is 1. The molecular formula is C23H26N2O4. The van der Waals surface area contributed by atoms with E-state index in [1.165, 1.54) is 11.1 Å². The SMILES string of the molecule is Cc1cccc(C)c1NC(=O)CNC(=O)COC(=O)Cc1ccc2c(c1)CCC2. The van der Waals surface area contributed by atoms with Crippen molar-refractivity contribution >= 4 is 23.5 Å². The Balaban J connectivity index is 1.39. The average Bonchev–Trinajstić information content (AvgIpc) is 3.15. The number of hydrogen-bond donors (Lipinski definition) is 2. The van der Waals surface area contributed by atoms with Crippen molar-refractivity contribution < 1.29 is 19.1 Å². The molecule has 0 fully saturated rings. The lowest BCUT2D eigenvalue weighted by Crippen LogP contribution is -2.35. The van der Waals surface area contributed by atoms with Crippen molar-refractivity contribution in [2.24, 2.45) is 0 Å². The average molecular weight is 394 g/mol. The first-order chi connectivity index (χ1) is 13.9. The number of benzene rings is 2. The van der Waals surface area contributed by atoms with Crippen molar-refractivity contribution in [3.05, 3.63) is 64.2 Å². The third kappa shape index (κ3) is 5.67. The number of hydrogen-bond acceptors (Lipinski definition) is 4. The van der Waals surface area contributed by atoms with Gasteiger partial charge in [0.05, 0.1) is 13.0 Å². The second-order valence-corrected chi connectivity index (χ2v) is 7.39. The Morgan fingerprint density at radius 2 is 1.69 bits per heavy atom. The molecule has 0 saturated heterocycles. The first-order valence-electron chi connectivity index (χ1n) is 9.81. The van der Waals surface area contributed by atoms with Crippen LogP contribution in [0.25, 0.3) is 0 Å². The highest BCUT2D eigenvalue weighted by Crippen LogP contribution is 2.23. The molecule has 0 aromatic heterocycles. The molecule has 0 unspecified atom stereocenters. The summed E-state index contributed by atoms with van der Waals surface area (Å²) in [6, 6.07) is 11.8. The monoisotopic (exact) mass is 394 g/mol. The number of amides is 2. The van der Waals surface area contributed by atoms with Crippen molar-refractivity contribution in [3.63, 3.8) is 0 Å². The minimum absolute atomic E-state index is 0.133. The molecule has 2 N–H and O–H groups in total. The molecule has 6 heteroatoms. The Labute approximate surface area is 170 Å². The Kier molecular flexibility index (Phi) is 6.65. The van der Waals surface area contributed by atoms with Crippen LogP contribution in [0.3, 0.4) is 0 Å². The highest BCUT2D eigenvalue weighted by Gasteiger charge is 2.14. The van der Waals surface area contributed by atoms with Crippen LogP contribution in [0.4, 0.5) is 5.69 Å². The lowest BCUT2D eigenvalue weighted by molar-refractivity contribution is -0.147. The van der Waals surface area contributed by atoms with E-state index in [0.29, 0.717) is 0 Å². The van der Waals surface area contributed by atoms with Gasteiger partial charge in [-0.3, -0.25) is 14.4 Å². The van der Waals surface area contributed by atoms with Gasteiger partial charge in [0.15, 0.2) is 6.61 Å². The standard InChI is InChI=1S/C23H26N2O4/c1-15-5-3-6-16(2)23(15)25-20(26)13-24-21(27)14-29-22(28)12-17-9-10-18-7-4-8-19(18)11-17/h3,5-6,9-11H,4,7-8,12-14H2,1-2H3,(H,24,27)(H,25,26). The van der Waals surface area contributed by atoms with E-state index in [-0.39, 0.29) is 18.9 Å². The van der Waals surface area contributed by atoms with E-state index in [1.807, 2.05) is 44.2 Å². The fourth-order valence-corrected chi connectivity index (χ4v) is 3.52. The van der Waals surface area contributed by atoms with Crippen LogP contribution in [-0.4, -0.2) is 30.9 Å². The minimum atomic E-state index is -0.510. The van der Waals surface area contributed by atoms with Gasteiger partial charge < -0.3 is 15.4 Å². The maximum Gasteiger partial charge on any atom is 0.310 e. The van der Waals surface area contributed by atoms with Crippen LogP contribution in [0.5, 0.6) is 0 Å². The number of carbonyl (C=O) groups excluding carboxylic acids is 3. The molecule has 0 bridgehead atoms. The Morgan fingerprint density at radius 1 is 0.966 bits per heavy atom. The molecule has 29 heavy (non-hydrogen) atoms. The van der Waals surface area contributed by atoms with Gasteiger partial charge in [0, 0.05) is 5.69 Å². The zero-order valence-corrected chi connectivity index (χ0v) is 16.8. The smallest absolute Gasteiger partial charge is 0.310 e. The van der Waals surface area contributed by atoms with Crippen molar-refractivity contribution in [3.8, 4) is 0 Å². The van der Waals surface area contributed by atoms with Gasteiger partial charge in [-0.25, -0.2) is 0 Å². The molecule has 2 aromatic rings. The van der Waals surface area contributed by atoms with E-state index in [0.717, 1.165) is 41.6 Å². The molecule has 0 atom stereocenters. The highest BCUT2D eigenvalue weighted by atomic mass is 16.5. The number of rotatable bonds is 7. The van der Waals surface area contributed by atoms with E-state index in [1.54, 1.807) is 0 Å². The van der Waals surface area contributed by atoms with Crippen LogP contribution in [-0.2, 0) is 38.4 Å². The van der Waals surface area contributed by atoms with E-state index in [4.69, 9.17) is 4.74 Å². The molecule has 0 aliphatic heterocycles. The molecule has 6 nitrogen and oxygen atoms in total. The van der Waals surface area contributed by atoms with Crippen LogP contribution >= 0.6 is 0 Å². The summed E-state index contributed by atoms with van der Waals surface area (Å²) in [6.07, 6.45) is 3.43. The van der Waals surface area contributed by atoms with Crippen molar-refractivity contribution in [2.75, 3.05) is 18.5 Å². The van der Waals surface area contributed by atoms with Crippen LogP contribution in [0.2, 0.25) is 0 Å². The van der Waals surface area contributed by atoms with Crippen LogP contribution < -0.4 is 10.6 Å². The summed E-state index contributed by atoms with van der Waals surface area (Å²) < 4.78 is 5.03. The van der Waals surface area contributed by atoms with E-state index >= 15 is 0 Å². The molecule has 2 aromatic carbocycles. The van der Waals surface area contributed by atoms with Gasteiger partial charge >= 0.3 is 5.97 Å². The normalized spacial score (nSPS) is 12.2. The van der Waals surface area contributed by atoms with Crippen molar-refractivity contribution in [2.45, 2.75) is 39.5 Å². The van der Waals surface area contributed by atoms with Gasteiger partial charge in [0.1, 0.15) is 0 Å². The molecule has 0 saturated carbocycles. The molecule has 2 amide bonds. The van der Waals surface area contributed by atoms with Crippen molar-refractivity contribution in [1.82, 2.24) is 5.32 Å². The first kappa shape index (κ1) is 20.6. The zero-order valence-electron chi connectivity index (χ0n) is 16.8. The first-order valence-corrected chi connectivity index (χ1v) is 9.81. The van der Waals surface area contributed by atoms with E-state index < -0.39 is 18.5 Å². The third-order valence-electron chi connectivity index (χ3n) is 5.07. The Hall–Kier alpha value is -3.15. The lowest BCUT2D eigenvalue weighted by atomic mass is 10.0. The topological polar surface area (TPSA) is 84.5 Å². The van der Waals surface area contributed by atoms with Gasteiger partial charge in [-0.1, -0.05) is 36.4 Å². The molecule has 152 valence electrons. The molecule has 1 aliphatic carbocycles. The van der Waals surface area contributed by atoms with E-state index in [9.17, 15) is 14.4 Å². The maximum atomic E-state index is 12.1. The largest absolute Gasteiger partial charge is 0.455 e. The van der Waals surface area contributed by atoms with Crippen LogP contribution in [0, 0.1) is 13.8 Å². The van der Waals surface area contributed by atoms with Gasteiger partial charge in [-0.05, 0) is 60.9 Å². The minimum Gasteiger partial charge on any atom is -0.455 e. The maximum absolute atomic E-state index is 12.1. The fraction of sp³-hybridized carbons (Fsp3) is 0.348. The second-order valence-electron chi connectivity index (χ2n) is 7.39. The molecule has 1 aliphatic rings. The molecule has 0 heterocycles. The summed E-state index contributed by atoms with van der Waals surface area (Å²) in [6.45, 7) is 3.22. The predicted molar refractivity (Wildman–Crippen MR) is 111 cm³/mol. The number of nitrogens with one attached hydrogen (secondary N) is 2. The molecular weight excluding hydrogens is 368 g/mol. The number of esters is 1. The number of carbonyl (C=O) groups is 3. The van der Waals surface area contributed by atoms with E-state index in [2.05, 4.69) is 16.7 Å². The van der Waals surface area contributed by atoms with Gasteiger partial charge in [0.2, 0.25) is 5.91 Å². The van der Waals surface area contributed by atoms with Crippen molar-refractivity contribution in [1.29, 1.82) is 0 Å². The van der Waals surface area contributed by atoms with Gasteiger partial charge in [-0.2, -0.15) is 0 Å². The number of fused-ring (bicyclic) bond motifs is 1. The number of anilines is 1. The Morgan fingerprint density at radius 3 is 2.45 bits per heavy atom. The second kappa shape index (κ2) is 9.37. The predicted octanol–water partition coefficient (Wildman–Crippen LogP) is 2.63. The third-order valence-corrected chi connectivity index (χ3v) is 5.07. The highest BCUT2D eigenvalue weighted by molar-refractivity contribution is 5.96. The molecule has 0 spiro atoms. The van der Waals surface area contributed by atoms with Gasteiger partial charge in [0.25, 0.3) is 5.91 Å². The summed E-state index contributed by atoms with van der Waals surface area (Å²) in [5, 5.41) is 5.26. The number of aryl methyl sites for hydroxylation is 4. The fourth-order valence-electron chi connectivity index (χ4n) is 3.52. The van der Waals surface area contributed by atoms with Gasteiger partial charge in [-0.15, -0.1) is 0 Å². The quantitative estimate of drug-likeness (QED) is 0.707.